The zero-order chi connectivity index (χ0) is 15.3. The van der Waals surface area contributed by atoms with E-state index >= 15 is 0 Å². The second-order valence-corrected chi connectivity index (χ2v) is 5.07. The van der Waals surface area contributed by atoms with Crippen LogP contribution in [0.1, 0.15) is 20.3 Å². The molecule has 20 heavy (non-hydrogen) atoms. The lowest BCUT2D eigenvalue weighted by Gasteiger charge is -2.25. The maximum absolute atomic E-state index is 12.4. The molecule has 0 radical (unpaired) electrons. The van der Waals surface area contributed by atoms with E-state index in [0.29, 0.717) is 12.1 Å². The Labute approximate surface area is 119 Å². The van der Waals surface area contributed by atoms with Crippen LogP contribution in [0.25, 0.3) is 0 Å². The van der Waals surface area contributed by atoms with Gasteiger partial charge < -0.3 is 21.2 Å². The van der Waals surface area contributed by atoms with Gasteiger partial charge in [-0.15, -0.1) is 0 Å². The van der Waals surface area contributed by atoms with E-state index in [1.807, 2.05) is 44.1 Å². The van der Waals surface area contributed by atoms with E-state index in [1.54, 1.807) is 13.0 Å². The molecule has 6 nitrogen and oxygen atoms in total. The van der Waals surface area contributed by atoms with Gasteiger partial charge in [0.05, 0.1) is 0 Å². The van der Waals surface area contributed by atoms with Gasteiger partial charge in [0.2, 0.25) is 5.91 Å². The van der Waals surface area contributed by atoms with Gasteiger partial charge in [-0.3, -0.25) is 4.79 Å². The minimum atomic E-state index is -1.04. The van der Waals surface area contributed by atoms with E-state index in [2.05, 4.69) is 10.5 Å². The monoisotopic (exact) mass is 278 g/mol. The van der Waals surface area contributed by atoms with Gasteiger partial charge >= 0.3 is 0 Å². The molecule has 110 valence electrons. The standard InChI is InChI=1S/C14H22N4O2/c1-5-14(2,12(15)17-20)13(19)16-10-7-6-8-11(9-10)18(3)4/h6-9,20H,5H2,1-4H3,(H2,15,17)(H,16,19). The number of rotatable bonds is 5. The number of carbonyl (C=O) groups is 1. The predicted molar refractivity (Wildman–Crippen MR) is 81.2 cm³/mol. The molecular formula is C14H22N4O2. The Kier molecular flexibility index (Phi) is 4.96. The number of oxime groups is 1. The summed E-state index contributed by atoms with van der Waals surface area (Å²) < 4.78 is 0. The highest BCUT2D eigenvalue weighted by Crippen LogP contribution is 2.25. The van der Waals surface area contributed by atoms with Crippen LogP contribution in [-0.2, 0) is 4.79 Å². The molecule has 0 aromatic heterocycles. The number of hydrogen-bond donors (Lipinski definition) is 3. The molecule has 0 spiro atoms. The highest BCUT2D eigenvalue weighted by Gasteiger charge is 2.36. The number of amidine groups is 1. The van der Waals surface area contributed by atoms with E-state index in [-0.39, 0.29) is 11.7 Å². The molecule has 4 N–H and O–H groups in total. The van der Waals surface area contributed by atoms with E-state index in [4.69, 9.17) is 10.9 Å². The number of nitrogens with one attached hydrogen (secondary N) is 1. The summed E-state index contributed by atoms with van der Waals surface area (Å²) in [4.78, 5) is 14.3. The van der Waals surface area contributed by atoms with Crippen molar-refractivity contribution in [2.45, 2.75) is 20.3 Å². The summed E-state index contributed by atoms with van der Waals surface area (Å²) in [5, 5.41) is 14.6. The summed E-state index contributed by atoms with van der Waals surface area (Å²) in [6, 6.07) is 7.46. The van der Waals surface area contributed by atoms with Crippen molar-refractivity contribution in [3.63, 3.8) is 0 Å². The van der Waals surface area contributed by atoms with Gasteiger partial charge in [0.15, 0.2) is 5.84 Å². The van der Waals surface area contributed by atoms with Crippen molar-refractivity contribution in [3.05, 3.63) is 24.3 Å². The Bertz CT molecular complexity index is 514. The summed E-state index contributed by atoms with van der Waals surface area (Å²) in [6.45, 7) is 3.46. The fourth-order valence-electron chi connectivity index (χ4n) is 1.70. The summed E-state index contributed by atoms with van der Waals surface area (Å²) in [6.07, 6.45) is 0.433. The fourth-order valence-corrected chi connectivity index (χ4v) is 1.70. The molecule has 1 atom stereocenters. The van der Waals surface area contributed by atoms with E-state index in [9.17, 15) is 4.79 Å². The van der Waals surface area contributed by atoms with Crippen LogP contribution in [-0.4, -0.2) is 31.0 Å². The third-order valence-electron chi connectivity index (χ3n) is 3.50. The first-order chi connectivity index (χ1) is 9.35. The molecule has 1 amide bonds. The lowest BCUT2D eigenvalue weighted by molar-refractivity contribution is -0.121. The molecule has 0 fully saturated rings. The molecule has 1 aromatic rings. The molecule has 0 saturated heterocycles. The van der Waals surface area contributed by atoms with Crippen molar-refractivity contribution in [1.29, 1.82) is 0 Å². The molecule has 0 heterocycles. The summed E-state index contributed by atoms with van der Waals surface area (Å²) in [5.41, 5.74) is 6.24. The Morgan fingerprint density at radius 2 is 2.15 bits per heavy atom. The molecule has 1 rings (SSSR count). The fraction of sp³-hybridized carbons (Fsp3) is 0.429. The van der Waals surface area contributed by atoms with Gasteiger partial charge in [0, 0.05) is 25.5 Å². The zero-order valence-corrected chi connectivity index (χ0v) is 12.3. The number of anilines is 2. The molecular weight excluding hydrogens is 256 g/mol. The quantitative estimate of drug-likeness (QED) is 0.332. The van der Waals surface area contributed by atoms with Gasteiger partial charge in [-0.05, 0) is 31.5 Å². The largest absolute Gasteiger partial charge is 0.409 e. The molecule has 0 bridgehead atoms. The normalized spacial score (nSPS) is 14.5. The van der Waals surface area contributed by atoms with E-state index < -0.39 is 5.41 Å². The van der Waals surface area contributed by atoms with Crippen LogP contribution < -0.4 is 16.0 Å². The van der Waals surface area contributed by atoms with E-state index in [1.165, 1.54) is 0 Å². The second kappa shape index (κ2) is 6.27. The maximum atomic E-state index is 12.4. The summed E-state index contributed by atoms with van der Waals surface area (Å²) in [5.74, 6) is -0.396. The summed E-state index contributed by atoms with van der Waals surface area (Å²) in [7, 11) is 3.85. The molecule has 0 aliphatic heterocycles. The van der Waals surface area contributed by atoms with Crippen molar-refractivity contribution >= 4 is 23.1 Å². The van der Waals surface area contributed by atoms with Gasteiger partial charge in [-0.1, -0.05) is 18.1 Å². The Morgan fingerprint density at radius 3 is 2.65 bits per heavy atom. The Morgan fingerprint density at radius 1 is 1.50 bits per heavy atom. The van der Waals surface area contributed by atoms with Crippen molar-refractivity contribution in [1.82, 2.24) is 0 Å². The molecule has 0 aliphatic rings. The molecule has 1 aromatic carbocycles. The van der Waals surface area contributed by atoms with Crippen LogP contribution in [0, 0.1) is 5.41 Å². The number of nitrogens with zero attached hydrogens (tertiary/aromatic N) is 2. The van der Waals surface area contributed by atoms with Crippen LogP contribution in [0.5, 0.6) is 0 Å². The van der Waals surface area contributed by atoms with Crippen molar-refractivity contribution in [3.8, 4) is 0 Å². The maximum Gasteiger partial charge on any atom is 0.238 e. The minimum absolute atomic E-state index is 0.0961. The lowest BCUT2D eigenvalue weighted by Crippen LogP contribution is -2.44. The highest BCUT2D eigenvalue weighted by atomic mass is 16.4. The van der Waals surface area contributed by atoms with E-state index in [0.717, 1.165) is 5.69 Å². The average Bonchev–Trinajstić information content (AvgIpc) is 2.45. The third kappa shape index (κ3) is 3.20. The Hall–Kier alpha value is -2.24. The van der Waals surface area contributed by atoms with Crippen molar-refractivity contribution < 1.29 is 10.0 Å². The summed E-state index contributed by atoms with van der Waals surface area (Å²) >= 11 is 0. The number of carbonyl (C=O) groups excluding carboxylic acids is 1. The molecule has 1 unspecified atom stereocenters. The van der Waals surface area contributed by atoms with Crippen LogP contribution in [0.4, 0.5) is 11.4 Å². The topological polar surface area (TPSA) is 91.0 Å². The van der Waals surface area contributed by atoms with Crippen molar-refractivity contribution in [2.24, 2.45) is 16.3 Å². The number of benzene rings is 1. The van der Waals surface area contributed by atoms with Gasteiger partial charge in [0.1, 0.15) is 5.41 Å². The van der Waals surface area contributed by atoms with Gasteiger partial charge in [-0.25, -0.2) is 0 Å². The zero-order valence-electron chi connectivity index (χ0n) is 12.3. The van der Waals surface area contributed by atoms with Gasteiger partial charge in [-0.2, -0.15) is 0 Å². The number of hydrogen-bond acceptors (Lipinski definition) is 4. The highest BCUT2D eigenvalue weighted by molar-refractivity contribution is 6.11. The SMILES string of the molecule is CCC(C)(C(=O)Nc1cccc(N(C)C)c1)/C(N)=N/O. The van der Waals surface area contributed by atoms with Crippen molar-refractivity contribution in [2.75, 3.05) is 24.3 Å². The molecule has 0 aliphatic carbocycles. The Balaban J connectivity index is 2.98. The predicted octanol–water partition coefficient (Wildman–Crippen LogP) is 1.85. The number of amides is 1. The first kappa shape index (κ1) is 15.8. The van der Waals surface area contributed by atoms with Crippen LogP contribution >= 0.6 is 0 Å². The first-order valence-electron chi connectivity index (χ1n) is 6.42. The van der Waals surface area contributed by atoms with Crippen LogP contribution in [0.2, 0.25) is 0 Å². The lowest BCUT2D eigenvalue weighted by atomic mass is 9.85. The molecule has 6 heteroatoms. The number of nitrogens with two attached hydrogens (primary N) is 1. The smallest absolute Gasteiger partial charge is 0.238 e. The average molecular weight is 278 g/mol. The van der Waals surface area contributed by atoms with Crippen LogP contribution in [0.3, 0.4) is 0 Å². The van der Waals surface area contributed by atoms with Gasteiger partial charge in [0.25, 0.3) is 0 Å². The second-order valence-electron chi connectivity index (χ2n) is 5.07. The van der Waals surface area contributed by atoms with Crippen LogP contribution in [0.15, 0.2) is 29.4 Å². The first-order valence-corrected chi connectivity index (χ1v) is 6.42. The third-order valence-corrected chi connectivity index (χ3v) is 3.50. The minimum Gasteiger partial charge on any atom is -0.409 e. The molecule has 0 saturated carbocycles.